The third kappa shape index (κ3) is 6.18. The van der Waals surface area contributed by atoms with Crippen LogP contribution < -0.4 is 4.90 Å². The number of morpholine rings is 1. The summed E-state index contributed by atoms with van der Waals surface area (Å²) in [5.41, 5.74) is 3.41. The van der Waals surface area contributed by atoms with Gasteiger partial charge in [0.2, 0.25) is 5.91 Å². The summed E-state index contributed by atoms with van der Waals surface area (Å²) >= 11 is 0. The first-order chi connectivity index (χ1) is 14.9. The molecule has 2 aliphatic heterocycles. The topological polar surface area (TPSA) is 36.0 Å². The van der Waals surface area contributed by atoms with Crippen LogP contribution in [0.15, 0.2) is 24.3 Å². The summed E-state index contributed by atoms with van der Waals surface area (Å²) in [6.07, 6.45) is 5.32. The number of halogens is 1. The Morgan fingerprint density at radius 3 is 2.19 bits per heavy atom. The van der Waals surface area contributed by atoms with Crippen molar-refractivity contribution in [2.24, 2.45) is 11.3 Å². The Bertz CT molecular complexity index is 729. The normalized spacial score (nSPS) is 25.3. The maximum atomic E-state index is 12.6. The molecule has 0 unspecified atom stereocenters. The minimum atomic E-state index is 0. The number of carbonyl (C=O) groups excluding carboxylic acids is 1. The van der Waals surface area contributed by atoms with Gasteiger partial charge in [-0.1, -0.05) is 39.0 Å². The molecule has 3 aliphatic rings. The molecule has 1 aromatic carbocycles. The number of amides is 1. The summed E-state index contributed by atoms with van der Waals surface area (Å²) in [4.78, 5) is 19.4. The molecular weight excluding hydrogens is 422 g/mol. The van der Waals surface area contributed by atoms with Crippen molar-refractivity contribution in [3.63, 3.8) is 0 Å². The second-order valence-electron chi connectivity index (χ2n) is 10.7. The van der Waals surface area contributed by atoms with E-state index in [1.165, 1.54) is 31.4 Å². The molecule has 4 rings (SSSR count). The molecule has 3 fully saturated rings. The van der Waals surface area contributed by atoms with Gasteiger partial charge in [-0.05, 0) is 54.6 Å². The third-order valence-electron chi connectivity index (χ3n) is 7.76. The zero-order valence-electron chi connectivity index (χ0n) is 20.2. The van der Waals surface area contributed by atoms with Gasteiger partial charge in [0.25, 0.3) is 0 Å². The van der Waals surface area contributed by atoms with Gasteiger partial charge in [-0.25, -0.2) is 0 Å². The summed E-state index contributed by atoms with van der Waals surface area (Å²) in [7, 11) is 0. The van der Waals surface area contributed by atoms with Crippen molar-refractivity contribution in [1.29, 1.82) is 0 Å². The first kappa shape index (κ1) is 25.3. The molecule has 0 bridgehead atoms. The molecule has 5 nitrogen and oxygen atoms in total. The highest BCUT2D eigenvalue weighted by Crippen LogP contribution is 2.45. The molecule has 0 N–H and O–H groups in total. The van der Waals surface area contributed by atoms with Crippen molar-refractivity contribution in [3.05, 3.63) is 29.8 Å². The van der Waals surface area contributed by atoms with Crippen molar-refractivity contribution < 1.29 is 9.53 Å². The van der Waals surface area contributed by atoms with Crippen molar-refractivity contribution in [3.8, 4) is 0 Å². The molecule has 0 atom stereocenters. The molecule has 1 amide bonds. The number of benzene rings is 1. The van der Waals surface area contributed by atoms with Gasteiger partial charge in [0.15, 0.2) is 0 Å². The SMILES string of the molecule is CC(C)(C)C1CCC(c2ccccc2N2CCN(CC(=O)N3CCOCC3)CC2)CC1.Cl. The van der Waals surface area contributed by atoms with Gasteiger partial charge in [-0.15, -0.1) is 12.4 Å². The average molecular weight is 464 g/mol. The molecule has 0 aromatic heterocycles. The first-order valence-electron chi connectivity index (χ1n) is 12.3. The predicted molar refractivity (Wildman–Crippen MR) is 134 cm³/mol. The van der Waals surface area contributed by atoms with Crippen molar-refractivity contribution in [1.82, 2.24) is 9.80 Å². The third-order valence-corrected chi connectivity index (χ3v) is 7.76. The molecular formula is C26H42ClN3O2. The van der Waals surface area contributed by atoms with E-state index in [1.807, 2.05) is 4.90 Å². The van der Waals surface area contributed by atoms with E-state index in [0.29, 0.717) is 31.1 Å². The van der Waals surface area contributed by atoms with Crippen LogP contribution in [0.3, 0.4) is 0 Å². The lowest BCUT2D eigenvalue weighted by molar-refractivity contribution is -0.136. The molecule has 32 heavy (non-hydrogen) atoms. The van der Waals surface area contributed by atoms with E-state index in [2.05, 4.69) is 54.8 Å². The molecule has 1 saturated carbocycles. The van der Waals surface area contributed by atoms with Gasteiger partial charge < -0.3 is 14.5 Å². The van der Waals surface area contributed by atoms with E-state index < -0.39 is 0 Å². The van der Waals surface area contributed by atoms with Gasteiger partial charge in [0.1, 0.15) is 0 Å². The van der Waals surface area contributed by atoms with E-state index >= 15 is 0 Å². The number of nitrogens with zero attached hydrogens (tertiary/aromatic N) is 3. The Morgan fingerprint density at radius 1 is 0.938 bits per heavy atom. The lowest BCUT2D eigenvalue weighted by Crippen LogP contribution is -2.51. The van der Waals surface area contributed by atoms with Crippen LogP contribution in [-0.2, 0) is 9.53 Å². The fraction of sp³-hybridized carbons (Fsp3) is 0.731. The molecule has 6 heteroatoms. The quantitative estimate of drug-likeness (QED) is 0.662. The molecule has 1 aliphatic carbocycles. The van der Waals surface area contributed by atoms with Gasteiger partial charge in [-0.2, -0.15) is 0 Å². The highest BCUT2D eigenvalue weighted by atomic mass is 35.5. The van der Waals surface area contributed by atoms with E-state index in [-0.39, 0.29) is 18.3 Å². The summed E-state index contributed by atoms with van der Waals surface area (Å²) in [6, 6.07) is 9.09. The molecule has 2 heterocycles. The van der Waals surface area contributed by atoms with Crippen LogP contribution in [0.1, 0.15) is 57.9 Å². The summed E-state index contributed by atoms with van der Waals surface area (Å²) < 4.78 is 5.37. The van der Waals surface area contributed by atoms with Crippen LogP contribution >= 0.6 is 12.4 Å². The Morgan fingerprint density at radius 2 is 1.56 bits per heavy atom. The standard InChI is InChI=1S/C26H41N3O2.ClH/c1-26(2,3)22-10-8-21(9-11-22)23-6-4-5-7-24(23)28-14-12-27(13-15-28)20-25(30)29-16-18-31-19-17-29;/h4-7,21-22H,8-20H2,1-3H3;1H. The van der Waals surface area contributed by atoms with E-state index in [1.54, 1.807) is 5.56 Å². The Balaban J connectivity index is 0.00000289. The predicted octanol–water partition coefficient (Wildman–Crippen LogP) is 4.41. The van der Waals surface area contributed by atoms with E-state index in [0.717, 1.165) is 45.2 Å². The van der Waals surface area contributed by atoms with Gasteiger partial charge >= 0.3 is 0 Å². The average Bonchev–Trinajstić information content (AvgIpc) is 2.80. The second kappa shape index (κ2) is 11.2. The zero-order valence-corrected chi connectivity index (χ0v) is 21.0. The zero-order chi connectivity index (χ0) is 21.8. The molecule has 1 aromatic rings. The highest BCUT2D eigenvalue weighted by molar-refractivity contribution is 5.85. The van der Waals surface area contributed by atoms with Crippen LogP contribution in [0.5, 0.6) is 0 Å². The smallest absolute Gasteiger partial charge is 0.236 e. The maximum Gasteiger partial charge on any atom is 0.236 e. The Hall–Kier alpha value is -1.30. The summed E-state index contributed by atoms with van der Waals surface area (Å²) in [5, 5.41) is 0. The maximum absolute atomic E-state index is 12.6. The Labute approximate surface area is 200 Å². The fourth-order valence-electron chi connectivity index (χ4n) is 5.64. The van der Waals surface area contributed by atoms with Crippen molar-refractivity contribution >= 4 is 24.0 Å². The van der Waals surface area contributed by atoms with Crippen molar-refractivity contribution in [2.75, 3.05) is 63.9 Å². The van der Waals surface area contributed by atoms with Crippen molar-refractivity contribution in [2.45, 2.75) is 52.4 Å². The second-order valence-corrected chi connectivity index (χ2v) is 10.7. The number of carbonyl (C=O) groups is 1. The largest absolute Gasteiger partial charge is 0.378 e. The van der Waals surface area contributed by atoms with Crippen LogP contribution in [-0.4, -0.2) is 74.7 Å². The number of ether oxygens (including phenoxy) is 1. The monoisotopic (exact) mass is 463 g/mol. The van der Waals surface area contributed by atoms with Crippen LogP contribution in [0.2, 0.25) is 0 Å². The van der Waals surface area contributed by atoms with Gasteiger partial charge in [0, 0.05) is 45.0 Å². The van der Waals surface area contributed by atoms with Crippen LogP contribution in [0.25, 0.3) is 0 Å². The minimum Gasteiger partial charge on any atom is -0.378 e. The van der Waals surface area contributed by atoms with E-state index in [9.17, 15) is 4.79 Å². The highest BCUT2D eigenvalue weighted by Gasteiger charge is 2.32. The number of hydrogen-bond acceptors (Lipinski definition) is 4. The first-order valence-corrected chi connectivity index (χ1v) is 12.3. The lowest BCUT2D eigenvalue weighted by Gasteiger charge is -2.40. The number of piperazine rings is 1. The Kier molecular flexibility index (Phi) is 8.88. The summed E-state index contributed by atoms with van der Waals surface area (Å²) in [6.45, 7) is 14.5. The van der Waals surface area contributed by atoms with Crippen LogP contribution in [0.4, 0.5) is 5.69 Å². The number of para-hydroxylation sites is 1. The molecule has 0 radical (unpaired) electrons. The fourth-order valence-corrected chi connectivity index (χ4v) is 5.64. The van der Waals surface area contributed by atoms with Crippen LogP contribution in [0, 0.1) is 11.3 Å². The minimum absolute atomic E-state index is 0. The molecule has 0 spiro atoms. The number of anilines is 1. The lowest BCUT2D eigenvalue weighted by atomic mass is 9.68. The number of rotatable bonds is 4. The molecule has 2 saturated heterocycles. The molecule has 180 valence electrons. The van der Waals surface area contributed by atoms with Gasteiger partial charge in [0.05, 0.1) is 19.8 Å². The van der Waals surface area contributed by atoms with E-state index in [4.69, 9.17) is 4.74 Å². The summed E-state index contributed by atoms with van der Waals surface area (Å²) in [5.74, 6) is 1.80. The van der Waals surface area contributed by atoms with Gasteiger partial charge in [-0.3, -0.25) is 9.69 Å². The number of hydrogen-bond donors (Lipinski definition) is 0.